The molecule has 200 valence electrons. The molecular weight excluding hydrogens is 458 g/mol. The molecule has 4 rings (SSSR count). The number of rotatable bonds is 11. The van der Waals surface area contributed by atoms with E-state index in [1.54, 1.807) is 4.90 Å². The normalized spacial score (nSPS) is 33.6. The number of hydrogen-bond donors (Lipinski definition) is 1. The van der Waals surface area contributed by atoms with Gasteiger partial charge in [-0.15, -0.1) is 0 Å². The van der Waals surface area contributed by atoms with Crippen molar-refractivity contribution >= 4 is 17.7 Å². The van der Waals surface area contributed by atoms with E-state index in [0.717, 1.165) is 32.1 Å². The molecule has 4 aliphatic rings. The van der Waals surface area contributed by atoms with Gasteiger partial charge < -0.3 is 24.5 Å². The number of carbonyl (C=O) groups excluding carboxylic acids is 3. The van der Waals surface area contributed by atoms with Gasteiger partial charge in [-0.05, 0) is 39.0 Å². The number of unbranched alkanes of at least 4 members (excludes halogenated alkanes) is 4. The fraction of sp³-hybridized carbons (Fsp3) is 0.750. The van der Waals surface area contributed by atoms with Gasteiger partial charge in [-0.3, -0.25) is 14.4 Å². The van der Waals surface area contributed by atoms with Gasteiger partial charge in [0.15, 0.2) is 0 Å². The molecule has 2 saturated heterocycles. The van der Waals surface area contributed by atoms with Crippen molar-refractivity contribution in [2.24, 2.45) is 11.8 Å². The predicted octanol–water partition coefficient (Wildman–Crippen LogP) is 2.52. The first-order valence-corrected chi connectivity index (χ1v) is 13.9. The molecule has 1 unspecified atom stereocenters. The monoisotopic (exact) mass is 501 g/mol. The smallest absolute Gasteiger partial charge is 0.249 e. The topological polar surface area (TPSA) is 90.4 Å². The molecule has 0 aliphatic carbocycles. The molecule has 0 aromatic rings. The highest BCUT2D eigenvalue weighted by Gasteiger charge is 2.74. The van der Waals surface area contributed by atoms with Crippen molar-refractivity contribution < 1.29 is 24.2 Å². The van der Waals surface area contributed by atoms with E-state index in [1.807, 2.05) is 48.0 Å². The number of hydrogen-bond acceptors (Lipinski definition) is 5. The zero-order valence-corrected chi connectivity index (χ0v) is 22.2. The maximum atomic E-state index is 14.2. The van der Waals surface area contributed by atoms with Gasteiger partial charge in [-0.1, -0.05) is 51.0 Å². The maximum absolute atomic E-state index is 14.2. The Morgan fingerprint density at radius 2 is 1.53 bits per heavy atom. The summed E-state index contributed by atoms with van der Waals surface area (Å²) >= 11 is 0. The summed E-state index contributed by atoms with van der Waals surface area (Å²) in [6.07, 6.45) is 13.8. The van der Waals surface area contributed by atoms with Crippen LogP contribution >= 0.6 is 0 Å². The summed E-state index contributed by atoms with van der Waals surface area (Å²) < 4.78 is 6.83. The number of aliphatic hydroxyl groups is 1. The first-order valence-electron chi connectivity index (χ1n) is 13.9. The highest BCUT2D eigenvalue weighted by atomic mass is 16.5. The van der Waals surface area contributed by atoms with Gasteiger partial charge in [0.2, 0.25) is 17.7 Å². The Hall–Kier alpha value is -2.19. The van der Waals surface area contributed by atoms with Gasteiger partial charge in [0.1, 0.15) is 11.6 Å². The largest absolute Gasteiger partial charge is 0.396 e. The second kappa shape index (κ2) is 11.1. The zero-order valence-electron chi connectivity index (χ0n) is 22.2. The molecule has 4 aliphatic heterocycles. The van der Waals surface area contributed by atoms with Gasteiger partial charge in [-0.25, -0.2) is 0 Å². The average molecular weight is 502 g/mol. The molecule has 8 nitrogen and oxygen atoms in total. The van der Waals surface area contributed by atoms with Crippen LogP contribution in [0.4, 0.5) is 0 Å². The van der Waals surface area contributed by atoms with Crippen LogP contribution in [-0.4, -0.2) is 94.1 Å². The Balaban J connectivity index is 1.74. The second-order valence-electron chi connectivity index (χ2n) is 10.9. The molecule has 3 amide bonds. The minimum absolute atomic E-state index is 0.0645. The van der Waals surface area contributed by atoms with Crippen molar-refractivity contribution in [3.05, 3.63) is 24.3 Å². The van der Waals surface area contributed by atoms with Gasteiger partial charge in [0.25, 0.3) is 0 Å². The third-order valence-electron chi connectivity index (χ3n) is 8.31. The molecule has 1 spiro atoms. The molecule has 0 radical (unpaired) electrons. The van der Waals surface area contributed by atoms with Crippen LogP contribution in [0.3, 0.4) is 0 Å². The van der Waals surface area contributed by atoms with E-state index in [2.05, 4.69) is 6.92 Å². The maximum Gasteiger partial charge on any atom is 0.249 e. The lowest BCUT2D eigenvalue weighted by atomic mass is 9.74. The molecule has 0 aromatic heterocycles. The molecule has 2 fully saturated rings. The van der Waals surface area contributed by atoms with Gasteiger partial charge >= 0.3 is 0 Å². The third kappa shape index (κ3) is 4.51. The van der Waals surface area contributed by atoms with Crippen molar-refractivity contribution in [1.82, 2.24) is 14.7 Å². The molecule has 36 heavy (non-hydrogen) atoms. The molecule has 5 atom stereocenters. The predicted molar refractivity (Wildman–Crippen MR) is 137 cm³/mol. The highest BCUT2D eigenvalue weighted by Crippen LogP contribution is 2.57. The molecule has 0 bridgehead atoms. The van der Waals surface area contributed by atoms with Crippen LogP contribution in [0.1, 0.15) is 65.7 Å². The van der Waals surface area contributed by atoms with Gasteiger partial charge in [-0.2, -0.15) is 0 Å². The van der Waals surface area contributed by atoms with Crippen LogP contribution in [0.5, 0.6) is 0 Å². The lowest BCUT2D eigenvalue weighted by molar-refractivity contribution is -0.152. The van der Waals surface area contributed by atoms with E-state index in [0.29, 0.717) is 45.6 Å². The molecule has 0 aromatic carbocycles. The van der Waals surface area contributed by atoms with Crippen LogP contribution in [0.25, 0.3) is 0 Å². The number of amides is 3. The summed E-state index contributed by atoms with van der Waals surface area (Å²) in [5.74, 6) is -1.73. The summed E-state index contributed by atoms with van der Waals surface area (Å²) in [6, 6.07) is -0.783. The fourth-order valence-electron chi connectivity index (χ4n) is 6.65. The summed E-state index contributed by atoms with van der Waals surface area (Å²) in [6.45, 7) is 8.85. The highest BCUT2D eigenvalue weighted by molar-refractivity contribution is 6.00. The number of likely N-dealkylation sites (tertiary alicyclic amines) is 1. The Labute approximate surface area is 215 Å². The van der Waals surface area contributed by atoms with E-state index in [4.69, 9.17) is 4.74 Å². The first kappa shape index (κ1) is 26.9. The summed E-state index contributed by atoms with van der Waals surface area (Å²) in [5, 5.41) is 9.21. The van der Waals surface area contributed by atoms with Crippen molar-refractivity contribution in [2.45, 2.75) is 83.0 Å². The lowest BCUT2D eigenvalue weighted by Crippen LogP contribution is -2.56. The van der Waals surface area contributed by atoms with Crippen molar-refractivity contribution in [1.29, 1.82) is 0 Å². The summed E-state index contributed by atoms with van der Waals surface area (Å²) in [5.41, 5.74) is -2.12. The Kier molecular flexibility index (Phi) is 8.25. The first-order chi connectivity index (χ1) is 17.3. The molecule has 4 heterocycles. The van der Waals surface area contributed by atoms with Crippen LogP contribution < -0.4 is 0 Å². The van der Waals surface area contributed by atoms with Gasteiger partial charge in [0, 0.05) is 39.3 Å². The molecule has 8 heteroatoms. The quantitative estimate of drug-likeness (QED) is 0.347. The van der Waals surface area contributed by atoms with E-state index >= 15 is 0 Å². The van der Waals surface area contributed by atoms with E-state index < -0.39 is 29.1 Å². The van der Waals surface area contributed by atoms with E-state index in [1.165, 1.54) is 0 Å². The van der Waals surface area contributed by atoms with Crippen LogP contribution in [0.15, 0.2) is 24.3 Å². The number of carbonyl (C=O) groups is 3. The number of fused-ring (bicyclic) bond motifs is 2. The fourth-order valence-corrected chi connectivity index (χ4v) is 6.65. The Morgan fingerprint density at radius 1 is 0.833 bits per heavy atom. The zero-order chi connectivity index (χ0) is 25.9. The summed E-state index contributed by atoms with van der Waals surface area (Å²) in [4.78, 5) is 47.5. The number of nitrogens with zero attached hydrogens (tertiary/aromatic N) is 3. The molecular formula is C28H43N3O5. The van der Waals surface area contributed by atoms with Crippen molar-refractivity contribution in [3.8, 4) is 0 Å². The minimum atomic E-state index is -1.17. The average Bonchev–Trinajstić information content (AvgIpc) is 3.12. The number of ether oxygens (including phenoxy) is 1. The van der Waals surface area contributed by atoms with E-state index in [-0.39, 0.29) is 24.3 Å². The SMILES string of the molecule is CCCCCN1CC=C[C@]23O[C@@]4(C)C=CCN(CCC)C(=O)[C@H]4[C@H]2C(=O)N(CCCCCO)C3C1=O. The van der Waals surface area contributed by atoms with Crippen LogP contribution in [0, 0.1) is 11.8 Å². The van der Waals surface area contributed by atoms with Crippen LogP contribution in [-0.2, 0) is 19.1 Å². The van der Waals surface area contributed by atoms with Crippen molar-refractivity contribution in [2.75, 3.05) is 39.3 Å². The van der Waals surface area contributed by atoms with E-state index in [9.17, 15) is 19.5 Å². The summed E-state index contributed by atoms with van der Waals surface area (Å²) in [7, 11) is 0. The van der Waals surface area contributed by atoms with Gasteiger partial charge in [0.05, 0.1) is 17.4 Å². The molecule has 0 saturated carbocycles. The Bertz CT molecular complexity index is 904. The minimum Gasteiger partial charge on any atom is -0.396 e. The standard InChI is InChI=1S/C28H43N3O5/c1-4-6-8-16-30-18-12-14-28-22(25(34)31(23(28)26(30)35)19-9-7-10-20-32)21-24(33)29(15-5-2)17-11-13-27(21,3)36-28/h11-14,21-23,32H,4-10,15-20H2,1-3H3/t21-,22+,23?,27+,28+/m1/s1. The third-order valence-corrected chi connectivity index (χ3v) is 8.31. The van der Waals surface area contributed by atoms with Crippen LogP contribution in [0.2, 0.25) is 0 Å². The molecule has 1 N–H and O–H groups in total. The second-order valence-corrected chi connectivity index (χ2v) is 10.9. The number of aliphatic hydroxyl groups excluding tert-OH is 1. The Morgan fingerprint density at radius 3 is 2.22 bits per heavy atom. The lowest BCUT2D eigenvalue weighted by Gasteiger charge is -2.37. The van der Waals surface area contributed by atoms with Crippen molar-refractivity contribution in [3.63, 3.8) is 0 Å².